The van der Waals surface area contributed by atoms with Gasteiger partial charge in [0.05, 0.1) is 16.9 Å². The molecular weight excluding hydrogens is 501 g/mol. The Morgan fingerprint density at radius 2 is 1.87 bits per heavy atom. The molecule has 0 bridgehead atoms. The molecule has 198 valence electrons. The highest BCUT2D eigenvalue weighted by atomic mass is 19.1. The molecule has 39 heavy (non-hydrogen) atoms. The molecule has 9 nitrogen and oxygen atoms in total. The van der Waals surface area contributed by atoms with Gasteiger partial charge in [-0.15, -0.1) is 6.42 Å². The second-order valence-corrected chi connectivity index (χ2v) is 9.47. The molecule has 0 saturated heterocycles. The lowest BCUT2D eigenvalue weighted by atomic mass is 10.1. The van der Waals surface area contributed by atoms with Gasteiger partial charge in [0.2, 0.25) is 5.91 Å². The highest BCUT2D eigenvalue weighted by Gasteiger charge is 2.32. The minimum atomic E-state index is -0.659. The molecule has 4 aromatic rings. The number of nitrogens with zero attached hydrogens (tertiary/aromatic N) is 3. The van der Waals surface area contributed by atoms with Crippen LogP contribution in [-0.2, 0) is 11.3 Å². The third-order valence-corrected chi connectivity index (χ3v) is 6.76. The van der Waals surface area contributed by atoms with Crippen LogP contribution in [-0.4, -0.2) is 19.6 Å². The summed E-state index contributed by atoms with van der Waals surface area (Å²) in [5, 5.41) is 5.72. The average molecular weight is 528 g/mol. The van der Waals surface area contributed by atoms with Crippen molar-refractivity contribution in [1.82, 2.24) is 13.7 Å². The van der Waals surface area contributed by atoms with Gasteiger partial charge in [0.25, 0.3) is 11.1 Å². The molecule has 1 saturated carbocycles. The molecule has 5 rings (SSSR count). The summed E-state index contributed by atoms with van der Waals surface area (Å²) < 4.78 is 18.9. The van der Waals surface area contributed by atoms with Crippen LogP contribution < -0.4 is 27.4 Å². The summed E-state index contributed by atoms with van der Waals surface area (Å²) in [5.41, 5.74) is -0.157. The lowest BCUT2D eigenvalue weighted by Gasteiger charge is -2.22. The molecule has 2 N–H and O–H groups in total. The van der Waals surface area contributed by atoms with Gasteiger partial charge in [-0.25, -0.2) is 9.18 Å². The maximum Gasteiger partial charge on any atom is 0.336 e. The Hall–Kier alpha value is -4.91. The second-order valence-electron chi connectivity index (χ2n) is 9.47. The molecule has 2 heterocycles. The third-order valence-electron chi connectivity index (χ3n) is 6.76. The molecule has 2 aromatic carbocycles. The highest BCUT2D eigenvalue weighted by molar-refractivity contribution is 5.94. The van der Waals surface area contributed by atoms with Crippen LogP contribution in [0.2, 0.25) is 0 Å². The Bertz CT molecular complexity index is 1890. The highest BCUT2D eigenvalue weighted by Crippen LogP contribution is 2.34. The number of amides is 1. The summed E-state index contributed by atoms with van der Waals surface area (Å²) in [4.78, 5) is 53.1. The number of anilines is 3. The summed E-state index contributed by atoms with van der Waals surface area (Å²) in [6.07, 6.45) is 6.70. The van der Waals surface area contributed by atoms with Crippen molar-refractivity contribution in [3.05, 3.63) is 90.6 Å². The number of nitrogens with one attached hydrogen (secondary N) is 2. The summed E-state index contributed by atoms with van der Waals surface area (Å²) in [6.45, 7) is 4.84. The van der Waals surface area contributed by atoms with E-state index in [1.54, 1.807) is 44.2 Å². The van der Waals surface area contributed by atoms with Crippen LogP contribution in [0.4, 0.5) is 21.6 Å². The van der Waals surface area contributed by atoms with Crippen LogP contribution in [0.25, 0.3) is 16.6 Å². The standard InChI is InChI=1S/C29H26FN5O4/c1-5-18-10-13-23(22(30)14-18)32-26-24-25(16(3)27(37)33(26)6-2)34(29(39)35(28(24)38)20-11-12-20)21-9-7-8-19(15-21)31-17(4)36/h1,7-10,13-15,20,32H,6,11-12H2,2-4H3,(H,31,36). The van der Waals surface area contributed by atoms with Crippen LogP contribution in [0.1, 0.15) is 43.9 Å². The molecule has 0 atom stereocenters. The normalized spacial score (nSPS) is 12.8. The van der Waals surface area contributed by atoms with Gasteiger partial charge in [-0.2, -0.15) is 0 Å². The van der Waals surface area contributed by atoms with Crippen molar-refractivity contribution in [2.45, 2.75) is 46.2 Å². The minimum Gasteiger partial charge on any atom is -0.338 e. The zero-order chi connectivity index (χ0) is 28.0. The van der Waals surface area contributed by atoms with Crippen LogP contribution in [0.3, 0.4) is 0 Å². The van der Waals surface area contributed by atoms with E-state index in [9.17, 15) is 23.6 Å². The van der Waals surface area contributed by atoms with Crippen molar-refractivity contribution < 1.29 is 9.18 Å². The van der Waals surface area contributed by atoms with Crippen molar-refractivity contribution in [3.8, 4) is 18.0 Å². The first-order chi connectivity index (χ1) is 18.7. The van der Waals surface area contributed by atoms with Gasteiger partial charge in [0.1, 0.15) is 17.0 Å². The molecule has 1 fully saturated rings. The van der Waals surface area contributed by atoms with Crippen LogP contribution in [0.15, 0.2) is 56.8 Å². The van der Waals surface area contributed by atoms with Gasteiger partial charge in [-0.05, 0) is 63.1 Å². The first-order valence-electron chi connectivity index (χ1n) is 12.5. The lowest BCUT2D eigenvalue weighted by molar-refractivity contribution is -0.114. The summed E-state index contributed by atoms with van der Waals surface area (Å²) in [6, 6.07) is 10.5. The molecule has 0 spiro atoms. The molecule has 10 heteroatoms. The number of benzene rings is 2. The quantitative estimate of drug-likeness (QED) is 0.371. The fourth-order valence-corrected chi connectivity index (χ4v) is 4.82. The predicted molar refractivity (Wildman–Crippen MR) is 149 cm³/mol. The Morgan fingerprint density at radius 3 is 2.49 bits per heavy atom. The van der Waals surface area contributed by atoms with E-state index in [0.717, 1.165) is 0 Å². The number of carbonyl (C=O) groups excluding carboxylic acids is 1. The van der Waals surface area contributed by atoms with Crippen LogP contribution in [0, 0.1) is 25.1 Å². The van der Waals surface area contributed by atoms with E-state index < -0.39 is 22.6 Å². The smallest absolute Gasteiger partial charge is 0.336 e. The van der Waals surface area contributed by atoms with E-state index in [0.29, 0.717) is 29.8 Å². The molecule has 0 radical (unpaired) electrons. The van der Waals surface area contributed by atoms with E-state index in [1.807, 2.05) is 0 Å². The number of hydrogen-bond donors (Lipinski definition) is 2. The van der Waals surface area contributed by atoms with Gasteiger partial charge >= 0.3 is 5.69 Å². The number of aryl methyl sites for hydroxylation is 1. The summed E-state index contributed by atoms with van der Waals surface area (Å²) >= 11 is 0. The van der Waals surface area contributed by atoms with Crippen molar-refractivity contribution in [3.63, 3.8) is 0 Å². The zero-order valence-electron chi connectivity index (χ0n) is 21.7. The van der Waals surface area contributed by atoms with Gasteiger partial charge in [0.15, 0.2) is 0 Å². The Morgan fingerprint density at radius 1 is 1.13 bits per heavy atom. The Labute approximate surface area is 222 Å². The molecule has 0 unspecified atom stereocenters. The van der Waals surface area contributed by atoms with Gasteiger partial charge in [-0.3, -0.25) is 28.1 Å². The average Bonchev–Trinajstić information content (AvgIpc) is 3.73. The number of aromatic nitrogens is 3. The van der Waals surface area contributed by atoms with Crippen molar-refractivity contribution >= 4 is 34.0 Å². The van der Waals surface area contributed by atoms with Gasteiger partial charge in [-0.1, -0.05) is 12.0 Å². The van der Waals surface area contributed by atoms with Crippen LogP contribution in [0.5, 0.6) is 0 Å². The van der Waals surface area contributed by atoms with E-state index in [-0.39, 0.29) is 46.5 Å². The van der Waals surface area contributed by atoms with E-state index in [2.05, 4.69) is 16.6 Å². The monoisotopic (exact) mass is 527 g/mol. The molecule has 1 amide bonds. The molecule has 1 aliphatic carbocycles. The number of hydrogen-bond acceptors (Lipinski definition) is 5. The second kappa shape index (κ2) is 9.76. The first kappa shape index (κ1) is 25.7. The minimum absolute atomic E-state index is 0.0172. The van der Waals surface area contributed by atoms with Crippen molar-refractivity contribution in [2.75, 3.05) is 10.6 Å². The van der Waals surface area contributed by atoms with Gasteiger partial charge in [0, 0.05) is 36.3 Å². The molecular formula is C29H26FN5O4. The predicted octanol–water partition coefficient (Wildman–Crippen LogP) is 3.80. The maximum absolute atomic E-state index is 15.0. The largest absolute Gasteiger partial charge is 0.338 e. The number of halogens is 1. The van der Waals surface area contributed by atoms with E-state index in [1.165, 1.54) is 32.8 Å². The zero-order valence-corrected chi connectivity index (χ0v) is 21.7. The van der Waals surface area contributed by atoms with E-state index in [4.69, 9.17) is 6.42 Å². The molecule has 2 aromatic heterocycles. The first-order valence-corrected chi connectivity index (χ1v) is 12.5. The number of pyridine rings is 1. The topological polar surface area (TPSA) is 107 Å². The fourth-order valence-electron chi connectivity index (χ4n) is 4.82. The summed E-state index contributed by atoms with van der Waals surface area (Å²) in [5.74, 6) is 1.49. The fraction of sp³-hybridized carbons (Fsp3) is 0.241. The Kier molecular flexibility index (Phi) is 6.44. The number of fused-ring (bicyclic) bond motifs is 1. The SMILES string of the molecule is C#Cc1ccc(Nc2c3c(=O)n(C4CC4)c(=O)n(-c4cccc(NC(C)=O)c4)c3c(C)c(=O)n2CC)c(F)c1. The number of rotatable bonds is 6. The van der Waals surface area contributed by atoms with Crippen molar-refractivity contribution in [2.24, 2.45) is 0 Å². The van der Waals surface area contributed by atoms with Crippen molar-refractivity contribution in [1.29, 1.82) is 0 Å². The lowest BCUT2D eigenvalue weighted by Crippen LogP contribution is -2.41. The van der Waals surface area contributed by atoms with Gasteiger partial charge < -0.3 is 10.6 Å². The third kappa shape index (κ3) is 4.42. The molecule has 1 aliphatic rings. The summed E-state index contributed by atoms with van der Waals surface area (Å²) in [7, 11) is 0. The molecule has 0 aliphatic heterocycles. The number of carbonyl (C=O) groups is 1. The maximum atomic E-state index is 15.0. The van der Waals surface area contributed by atoms with Crippen LogP contribution >= 0.6 is 0 Å². The van der Waals surface area contributed by atoms with E-state index >= 15 is 0 Å². The number of terminal acetylenes is 1. The Balaban J connectivity index is 1.91.